The van der Waals surface area contributed by atoms with E-state index in [1.165, 1.54) is 0 Å². The summed E-state index contributed by atoms with van der Waals surface area (Å²) in [6.45, 7) is 2.65. The van der Waals surface area contributed by atoms with Crippen molar-refractivity contribution >= 4 is 27.8 Å². The second-order valence-electron chi connectivity index (χ2n) is 7.94. The molecule has 2 atom stereocenters. The van der Waals surface area contributed by atoms with Gasteiger partial charge in [-0.1, -0.05) is 48.5 Å². The fourth-order valence-electron chi connectivity index (χ4n) is 3.54. The summed E-state index contributed by atoms with van der Waals surface area (Å²) in [7, 11) is -3.10. The Morgan fingerprint density at radius 3 is 2.17 bits per heavy atom. The van der Waals surface area contributed by atoms with Gasteiger partial charge in [-0.05, 0) is 37.1 Å². The molecule has 0 bridgehead atoms. The molecule has 10 nitrogen and oxygen atoms in total. The number of sulfonamides is 1. The summed E-state index contributed by atoms with van der Waals surface area (Å²) >= 11 is 0. The lowest BCUT2D eigenvalue weighted by Gasteiger charge is -2.46. The average Bonchev–Trinajstić information content (AvgIpc) is 2.85. The van der Waals surface area contributed by atoms with Gasteiger partial charge in [0, 0.05) is 6.54 Å². The van der Waals surface area contributed by atoms with Gasteiger partial charge in [0.05, 0.1) is 7.11 Å². The van der Waals surface area contributed by atoms with Crippen LogP contribution in [0.1, 0.15) is 19.4 Å². The number of methoxy groups -OCH3 is 1. The lowest BCUT2D eigenvalue weighted by atomic mass is 10.0. The maximum atomic E-state index is 13.3. The van der Waals surface area contributed by atoms with Crippen LogP contribution in [0, 0.1) is 0 Å². The highest BCUT2D eigenvalue weighted by molar-refractivity contribution is 7.90. The largest absolute Gasteiger partial charge is 0.484 e. The van der Waals surface area contributed by atoms with Crippen LogP contribution in [0.3, 0.4) is 0 Å². The first-order valence-electron chi connectivity index (χ1n) is 10.7. The van der Waals surface area contributed by atoms with Crippen LogP contribution in [0.5, 0.6) is 5.75 Å². The molecule has 2 amide bonds. The molecule has 186 valence electrons. The number of ether oxygens (including phenoxy) is 2. The van der Waals surface area contributed by atoms with E-state index in [0.717, 1.165) is 12.0 Å². The first-order chi connectivity index (χ1) is 16.7. The van der Waals surface area contributed by atoms with Crippen molar-refractivity contribution in [1.29, 1.82) is 0 Å². The summed E-state index contributed by atoms with van der Waals surface area (Å²) in [4.78, 5) is 38.7. The van der Waals surface area contributed by atoms with Gasteiger partial charge in [-0.3, -0.25) is 14.5 Å². The normalized spacial score (nSPS) is 17.2. The summed E-state index contributed by atoms with van der Waals surface area (Å²) in [5.41, 5.74) is 0.879. The Morgan fingerprint density at radius 1 is 1.00 bits per heavy atom. The number of nitrogens with zero attached hydrogens (tertiary/aromatic N) is 1. The van der Waals surface area contributed by atoms with Crippen LogP contribution >= 0.6 is 0 Å². The van der Waals surface area contributed by atoms with Gasteiger partial charge in [-0.25, -0.2) is 17.9 Å². The van der Waals surface area contributed by atoms with E-state index in [-0.39, 0.29) is 12.2 Å². The van der Waals surface area contributed by atoms with Gasteiger partial charge in [0.2, 0.25) is 10.0 Å². The zero-order valence-electron chi connectivity index (χ0n) is 19.6. The molecule has 0 aromatic heterocycles. The van der Waals surface area contributed by atoms with Crippen LogP contribution in [0.25, 0.3) is 0 Å². The van der Waals surface area contributed by atoms with Gasteiger partial charge in [-0.15, -0.1) is 0 Å². The molecule has 1 saturated heterocycles. The zero-order chi connectivity index (χ0) is 25.6. The first-order valence-corrected chi connectivity index (χ1v) is 12.3. The Bertz CT molecular complexity index is 1210. The Labute approximate surface area is 204 Å². The molecule has 1 fully saturated rings. The lowest BCUT2D eigenvalue weighted by Crippen LogP contribution is -2.74. The van der Waals surface area contributed by atoms with Crippen LogP contribution in [0.15, 0.2) is 71.9 Å². The molecule has 2 N–H and O–H groups in total. The van der Waals surface area contributed by atoms with Crippen LogP contribution < -0.4 is 14.8 Å². The molecule has 1 heterocycles. The van der Waals surface area contributed by atoms with Crippen molar-refractivity contribution in [2.24, 2.45) is 0 Å². The molecule has 0 unspecified atom stereocenters. The molecule has 1 aliphatic rings. The minimum atomic E-state index is -4.23. The molecule has 0 aliphatic carbocycles. The number of allylic oxidation sites excluding steroid dienone is 1. The smallest absolute Gasteiger partial charge is 0.354 e. The van der Waals surface area contributed by atoms with Crippen LogP contribution in [-0.2, 0) is 35.7 Å². The van der Waals surface area contributed by atoms with Crippen molar-refractivity contribution in [3.8, 4) is 5.75 Å². The highest BCUT2D eigenvalue weighted by Crippen LogP contribution is 2.31. The topological polar surface area (TPSA) is 131 Å². The molecular formula is C24H27N3O7S. The molecule has 0 saturated carbocycles. The Balaban J connectivity index is 1.83. The monoisotopic (exact) mass is 501 g/mol. The second kappa shape index (κ2) is 11.2. The lowest BCUT2D eigenvalue weighted by molar-refractivity contribution is -0.152. The zero-order valence-corrected chi connectivity index (χ0v) is 20.4. The standard InChI is InChI=1S/C24H27N3O7S/c1-16(2)21(24(30)33-3)27-22(29)20(26-19(28)15-34-18-12-8-5-9-13-18)23(27)35(31,32)25-14-17-10-6-4-7-11-17/h4-13,20,23,25H,14-15H2,1-3H3,(H,26,28)/t20-,23-/m1/s1. The Morgan fingerprint density at radius 2 is 1.60 bits per heavy atom. The predicted octanol–water partition coefficient (Wildman–Crippen LogP) is 1.30. The Hall–Kier alpha value is -3.70. The third-order valence-electron chi connectivity index (χ3n) is 5.20. The summed E-state index contributed by atoms with van der Waals surface area (Å²) in [6.07, 6.45) is 0. The van der Waals surface area contributed by atoms with Crippen molar-refractivity contribution in [3.63, 3.8) is 0 Å². The SMILES string of the molecule is COC(=O)C(=C(C)C)N1C(=O)[C@@H](NC(=O)COc2ccccc2)[C@H]1S(=O)(=O)NCc1ccccc1. The average molecular weight is 502 g/mol. The summed E-state index contributed by atoms with van der Waals surface area (Å²) < 4.78 is 39.2. The van der Waals surface area contributed by atoms with Gasteiger partial charge in [0.25, 0.3) is 11.8 Å². The number of amides is 2. The van der Waals surface area contributed by atoms with Crippen molar-refractivity contribution in [3.05, 3.63) is 77.5 Å². The van der Waals surface area contributed by atoms with Crippen LogP contribution in [-0.4, -0.2) is 56.2 Å². The molecule has 35 heavy (non-hydrogen) atoms. The van der Waals surface area contributed by atoms with Crippen molar-refractivity contribution in [1.82, 2.24) is 14.9 Å². The van der Waals surface area contributed by atoms with E-state index >= 15 is 0 Å². The summed E-state index contributed by atoms with van der Waals surface area (Å²) in [5, 5.41) is 0.856. The van der Waals surface area contributed by atoms with Crippen molar-refractivity contribution in [2.45, 2.75) is 31.8 Å². The van der Waals surface area contributed by atoms with Crippen LogP contribution in [0.2, 0.25) is 0 Å². The number of esters is 1. The van der Waals surface area contributed by atoms with E-state index in [1.807, 2.05) is 0 Å². The van der Waals surface area contributed by atoms with Gasteiger partial charge < -0.3 is 14.8 Å². The fraction of sp³-hybridized carbons (Fsp3) is 0.292. The highest BCUT2D eigenvalue weighted by atomic mass is 32.2. The van der Waals surface area contributed by atoms with Gasteiger partial charge >= 0.3 is 5.97 Å². The number of rotatable bonds is 10. The summed E-state index contributed by atoms with van der Waals surface area (Å²) in [5.74, 6) is -1.86. The molecular weight excluding hydrogens is 474 g/mol. The number of β-lactam (4-membered cyclic amide) rings is 1. The number of carbonyl (C=O) groups is 3. The molecule has 0 spiro atoms. The molecule has 11 heteroatoms. The maximum absolute atomic E-state index is 13.3. The molecule has 0 radical (unpaired) electrons. The van der Waals surface area contributed by atoms with E-state index < -0.39 is 45.8 Å². The third-order valence-corrected chi connectivity index (χ3v) is 6.87. The number of carbonyl (C=O) groups excluding carboxylic acids is 3. The van der Waals surface area contributed by atoms with Gasteiger partial charge in [-0.2, -0.15) is 0 Å². The fourth-order valence-corrected chi connectivity index (χ4v) is 5.11. The predicted molar refractivity (Wildman–Crippen MR) is 127 cm³/mol. The minimum Gasteiger partial charge on any atom is -0.484 e. The molecule has 2 aromatic carbocycles. The number of hydrogen-bond acceptors (Lipinski definition) is 7. The van der Waals surface area contributed by atoms with E-state index in [9.17, 15) is 22.8 Å². The quantitative estimate of drug-likeness (QED) is 0.285. The first kappa shape index (κ1) is 25.9. The van der Waals surface area contributed by atoms with E-state index in [0.29, 0.717) is 16.9 Å². The summed E-state index contributed by atoms with van der Waals surface area (Å²) in [6, 6.07) is 15.9. The molecule has 3 rings (SSSR count). The van der Waals surface area contributed by atoms with Gasteiger partial charge in [0.1, 0.15) is 17.5 Å². The van der Waals surface area contributed by atoms with Crippen molar-refractivity contribution < 1.29 is 32.3 Å². The maximum Gasteiger partial charge on any atom is 0.354 e. The second-order valence-corrected chi connectivity index (χ2v) is 9.80. The van der Waals surface area contributed by atoms with Crippen molar-refractivity contribution in [2.75, 3.05) is 13.7 Å². The highest BCUT2D eigenvalue weighted by Gasteiger charge is 2.58. The van der Waals surface area contributed by atoms with E-state index in [2.05, 4.69) is 10.0 Å². The number of benzene rings is 2. The number of likely N-dealkylation sites (tertiary alicyclic amines) is 1. The number of hydrogen-bond donors (Lipinski definition) is 2. The number of para-hydroxylation sites is 1. The minimum absolute atomic E-state index is 0.0398. The van der Waals surface area contributed by atoms with E-state index in [1.54, 1.807) is 74.5 Å². The van der Waals surface area contributed by atoms with E-state index in [4.69, 9.17) is 9.47 Å². The third kappa shape index (κ3) is 6.06. The van der Waals surface area contributed by atoms with Crippen LogP contribution in [0.4, 0.5) is 0 Å². The Kier molecular flexibility index (Phi) is 8.26. The van der Waals surface area contributed by atoms with Gasteiger partial charge in [0.15, 0.2) is 12.0 Å². The molecule has 2 aromatic rings. The number of nitrogens with one attached hydrogen (secondary N) is 2. The molecule has 1 aliphatic heterocycles.